The van der Waals surface area contributed by atoms with Gasteiger partial charge in [0.25, 0.3) is 0 Å². The maximum Gasteiger partial charge on any atom is 0.416 e. The van der Waals surface area contributed by atoms with E-state index in [-0.39, 0.29) is 11.9 Å². The largest absolute Gasteiger partial charge is 0.487 e. The molecule has 1 aliphatic heterocycles. The number of aromatic carboxylic acids is 1. The van der Waals surface area contributed by atoms with Crippen LogP contribution in [0.4, 0.5) is 13.2 Å². The van der Waals surface area contributed by atoms with Crippen LogP contribution in [-0.4, -0.2) is 30.4 Å². The predicted molar refractivity (Wildman–Crippen MR) is 58.3 cm³/mol. The van der Waals surface area contributed by atoms with E-state index in [1.807, 2.05) is 0 Å². The fourth-order valence-electron chi connectivity index (χ4n) is 1.76. The Morgan fingerprint density at radius 3 is 2.68 bits per heavy atom. The van der Waals surface area contributed by atoms with Gasteiger partial charge in [-0.3, -0.25) is 0 Å². The van der Waals surface area contributed by atoms with Crippen molar-refractivity contribution >= 4 is 5.97 Å². The molecule has 2 rings (SSSR count). The lowest BCUT2D eigenvalue weighted by atomic mass is 10.1. The lowest BCUT2D eigenvalue weighted by molar-refractivity contribution is -0.137. The molecule has 19 heavy (non-hydrogen) atoms. The average molecular weight is 276 g/mol. The third kappa shape index (κ3) is 3.17. The molecule has 1 unspecified atom stereocenters. The lowest BCUT2D eigenvalue weighted by Gasteiger charge is -2.15. The van der Waals surface area contributed by atoms with Crippen molar-refractivity contribution in [3.8, 4) is 5.75 Å². The van der Waals surface area contributed by atoms with Gasteiger partial charge in [0.15, 0.2) is 0 Å². The van der Waals surface area contributed by atoms with Gasteiger partial charge >= 0.3 is 12.1 Å². The number of carboxylic acid groups (broad SMARTS) is 1. The molecule has 1 fully saturated rings. The standard InChI is InChI=1S/C12H11F3O4/c13-12(14,15)7-1-2-10(9(5-7)11(16)17)19-8-3-4-18-6-8/h1-2,5,8H,3-4,6H2,(H,16,17). The van der Waals surface area contributed by atoms with Crippen LogP contribution in [0.3, 0.4) is 0 Å². The highest BCUT2D eigenvalue weighted by Gasteiger charge is 2.32. The molecule has 1 atom stereocenters. The summed E-state index contributed by atoms with van der Waals surface area (Å²) in [7, 11) is 0. The molecule has 7 heteroatoms. The van der Waals surface area contributed by atoms with Crippen molar-refractivity contribution in [3.05, 3.63) is 29.3 Å². The van der Waals surface area contributed by atoms with Crippen LogP contribution in [0, 0.1) is 0 Å². The van der Waals surface area contributed by atoms with E-state index in [0.29, 0.717) is 25.7 Å². The van der Waals surface area contributed by atoms with E-state index in [2.05, 4.69) is 0 Å². The molecule has 0 radical (unpaired) electrons. The SMILES string of the molecule is O=C(O)c1cc(C(F)(F)F)ccc1OC1CCOC1. The van der Waals surface area contributed by atoms with Gasteiger partial charge < -0.3 is 14.6 Å². The number of benzene rings is 1. The zero-order chi connectivity index (χ0) is 14.0. The van der Waals surface area contributed by atoms with Crippen molar-refractivity contribution in [1.82, 2.24) is 0 Å². The fourth-order valence-corrected chi connectivity index (χ4v) is 1.76. The van der Waals surface area contributed by atoms with Crippen LogP contribution in [0.2, 0.25) is 0 Å². The highest BCUT2D eigenvalue weighted by molar-refractivity contribution is 5.91. The molecule has 1 N–H and O–H groups in total. The Hall–Kier alpha value is -1.76. The Bertz CT molecular complexity index is 478. The van der Waals surface area contributed by atoms with Gasteiger partial charge in [-0.05, 0) is 18.2 Å². The number of ether oxygens (including phenoxy) is 2. The van der Waals surface area contributed by atoms with Crippen molar-refractivity contribution in [2.75, 3.05) is 13.2 Å². The normalized spacial score (nSPS) is 19.4. The van der Waals surface area contributed by atoms with E-state index >= 15 is 0 Å². The molecule has 0 aliphatic carbocycles. The van der Waals surface area contributed by atoms with Gasteiger partial charge in [-0.25, -0.2) is 4.79 Å². The summed E-state index contributed by atoms with van der Waals surface area (Å²) in [6, 6.07) is 2.41. The lowest BCUT2D eigenvalue weighted by Crippen LogP contribution is -2.18. The molecule has 104 valence electrons. The molecule has 1 aromatic rings. The van der Waals surface area contributed by atoms with Crippen molar-refractivity contribution in [2.24, 2.45) is 0 Å². The number of carbonyl (C=O) groups is 1. The molecule has 0 aromatic heterocycles. The first-order chi connectivity index (χ1) is 8.88. The number of alkyl halides is 3. The smallest absolute Gasteiger partial charge is 0.416 e. The maximum absolute atomic E-state index is 12.5. The minimum Gasteiger partial charge on any atom is -0.487 e. The van der Waals surface area contributed by atoms with Crippen LogP contribution < -0.4 is 4.74 Å². The van der Waals surface area contributed by atoms with Crippen LogP contribution in [0.15, 0.2) is 18.2 Å². The Balaban J connectivity index is 2.29. The zero-order valence-corrected chi connectivity index (χ0v) is 9.74. The zero-order valence-electron chi connectivity index (χ0n) is 9.74. The predicted octanol–water partition coefficient (Wildman–Crippen LogP) is 2.57. The van der Waals surface area contributed by atoms with Gasteiger partial charge in [-0.2, -0.15) is 13.2 Å². The summed E-state index contributed by atoms with van der Waals surface area (Å²) >= 11 is 0. The number of halogens is 3. The first-order valence-electron chi connectivity index (χ1n) is 5.57. The third-order valence-electron chi connectivity index (χ3n) is 2.72. The van der Waals surface area contributed by atoms with Gasteiger partial charge in [0.05, 0.1) is 18.8 Å². The van der Waals surface area contributed by atoms with Crippen molar-refractivity contribution in [3.63, 3.8) is 0 Å². The van der Waals surface area contributed by atoms with Crippen LogP contribution in [-0.2, 0) is 10.9 Å². The molecule has 0 saturated carbocycles. The van der Waals surface area contributed by atoms with Crippen LogP contribution in [0.25, 0.3) is 0 Å². The minimum atomic E-state index is -4.58. The number of rotatable bonds is 3. The van der Waals surface area contributed by atoms with E-state index in [9.17, 15) is 18.0 Å². The van der Waals surface area contributed by atoms with Gasteiger partial charge in [-0.15, -0.1) is 0 Å². The van der Waals surface area contributed by atoms with Crippen LogP contribution >= 0.6 is 0 Å². The molecule has 1 aromatic carbocycles. The highest BCUT2D eigenvalue weighted by atomic mass is 19.4. The maximum atomic E-state index is 12.5. The van der Waals surface area contributed by atoms with E-state index in [4.69, 9.17) is 14.6 Å². The molecule has 1 heterocycles. The summed E-state index contributed by atoms with van der Waals surface area (Å²) in [4.78, 5) is 11.0. The van der Waals surface area contributed by atoms with Gasteiger partial charge in [0.2, 0.25) is 0 Å². The summed E-state index contributed by atoms with van der Waals surface area (Å²) in [6.07, 6.45) is -4.32. The topological polar surface area (TPSA) is 55.8 Å². The van der Waals surface area contributed by atoms with Crippen LogP contribution in [0.5, 0.6) is 5.75 Å². The Morgan fingerprint density at radius 1 is 1.42 bits per heavy atom. The van der Waals surface area contributed by atoms with E-state index in [0.717, 1.165) is 12.1 Å². The summed E-state index contributed by atoms with van der Waals surface area (Å²) in [6.45, 7) is 0.799. The second kappa shape index (κ2) is 5.08. The Labute approximate surface area is 106 Å². The van der Waals surface area contributed by atoms with E-state index in [1.165, 1.54) is 0 Å². The number of carboxylic acids is 1. The van der Waals surface area contributed by atoms with Crippen molar-refractivity contribution in [1.29, 1.82) is 0 Å². The second-order valence-corrected chi connectivity index (χ2v) is 4.12. The highest BCUT2D eigenvalue weighted by Crippen LogP contribution is 2.33. The quantitative estimate of drug-likeness (QED) is 0.921. The van der Waals surface area contributed by atoms with Crippen molar-refractivity contribution in [2.45, 2.75) is 18.7 Å². The van der Waals surface area contributed by atoms with Gasteiger partial charge in [0.1, 0.15) is 17.4 Å². The Morgan fingerprint density at radius 2 is 2.16 bits per heavy atom. The monoisotopic (exact) mass is 276 g/mol. The molecular formula is C12H11F3O4. The number of hydrogen-bond donors (Lipinski definition) is 1. The fraction of sp³-hybridized carbons (Fsp3) is 0.417. The first-order valence-corrected chi connectivity index (χ1v) is 5.57. The molecule has 1 saturated heterocycles. The summed E-state index contributed by atoms with van der Waals surface area (Å²) in [5.74, 6) is -1.53. The first kappa shape index (κ1) is 13.7. The molecule has 0 spiro atoms. The molecular weight excluding hydrogens is 265 g/mol. The summed E-state index contributed by atoms with van der Waals surface area (Å²) in [5.41, 5.74) is -1.51. The number of hydrogen-bond acceptors (Lipinski definition) is 3. The van der Waals surface area contributed by atoms with E-state index in [1.54, 1.807) is 0 Å². The van der Waals surface area contributed by atoms with Gasteiger partial charge in [-0.1, -0.05) is 0 Å². The van der Waals surface area contributed by atoms with Crippen molar-refractivity contribution < 1.29 is 32.5 Å². The Kier molecular flexibility index (Phi) is 3.66. The second-order valence-electron chi connectivity index (χ2n) is 4.12. The molecule has 0 amide bonds. The third-order valence-corrected chi connectivity index (χ3v) is 2.72. The minimum absolute atomic E-state index is 0.0731. The van der Waals surface area contributed by atoms with Gasteiger partial charge in [0, 0.05) is 6.42 Å². The average Bonchev–Trinajstić information content (AvgIpc) is 2.80. The summed E-state index contributed by atoms with van der Waals surface area (Å²) < 4.78 is 48.0. The molecule has 1 aliphatic rings. The van der Waals surface area contributed by atoms with E-state index < -0.39 is 23.3 Å². The van der Waals surface area contributed by atoms with Crippen LogP contribution in [0.1, 0.15) is 22.3 Å². The summed E-state index contributed by atoms with van der Waals surface area (Å²) in [5, 5.41) is 8.95. The molecule has 0 bridgehead atoms. The molecule has 4 nitrogen and oxygen atoms in total.